The summed E-state index contributed by atoms with van der Waals surface area (Å²) in [6.07, 6.45) is 3.87. The van der Waals surface area contributed by atoms with Crippen molar-refractivity contribution in [2.75, 3.05) is 45.9 Å². The third-order valence-corrected chi connectivity index (χ3v) is 8.32. The average Bonchev–Trinajstić information content (AvgIpc) is 3.16. The van der Waals surface area contributed by atoms with Gasteiger partial charge < -0.3 is 10.1 Å². The van der Waals surface area contributed by atoms with E-state index in [1.807, 2.05) is 18.2 Å². The Morgan fingerprint density at radius 2 is 1.61 bits per heavy atom. The predicted octanol–water partition coefficient (Wildman–Crippen LogP) is 3.05. The number of benzene rings is 2. The van der Waals surface area contributed by atoms with Crippen molar-refractivity contribution in [3.05, 3.63) is 65.7 Å². The molecule has 1 atom stereocenters. The van der Waals surface area contributed by atoms with Crippen LogP contribution in [-0.2, 0) is 14.8 Å². The minimum Gasteiger partial charge on any atom is -0.379 e. The molecule has 0 bridgehead atoms. The Bertz CT molecular complexity index is 1010. The Labute approximate surface area is 196 Å². The zero-order valence-electron chi connectivity index (χ0n) is 19.0. The molecule has 0 spiro atoms. The Morgan fingerprint density at radius 1 is 0.909 bits per heavy atom. The van der Waals surface area contributed by atoms with Gasteiger partial charge in [0.25, 0.3) is 5.91 Å². The van der Waals surface area contributed by atoms with E-state index in [1.165, 1.54) is 6.07 Å². The van der Waals surface area contributed by atoms with Crippen LogP contribution in [0.5, 0.6) is 0 Å². The standard InChI is InChI=1S/C25H33N3O4S/c29-25(26-20-24(21-9-4-3-5-10-21)27-15-17-32-18-16-27)22-11-8-12-23(19-22)33(30,31)28-13-6-1-2-7-14-28/h3-5,8-12,19,24H,1-2,6-7,13-18,20H2,(H,26,29). The lowest BCUT2D eigenvalue weighted by atomic mass is 10.0. The van der Waals surface area contributed by atoms with Gasteiger partial charge in [0.1, 0.15) is 0 Å². The molecule has 0 aromatic heterocycles. The highest BCUT2D eigenvalue weighted by atomic mass is 32.2. The van der Waals surface area contributed by atoms with E-state index in [0.29, 0.717) is 38.4 Å². The van der Waals surface area contributed by atoms with Gasteiger partial charge in [-0.3, -0.25) is 9.69 Å². The van der Waals surface area contributed by atoms with Crippen molar-refractivity contribution in [1.82, 2.24) is 14.5 Å². The molecule has 2 saturated heterocycles. The second-order valence-corrected chi connectivity index (χ2v) is 10.6. The third kappa shape index (κ3) is 6.00. The number of nitrogens with one attached hydrogen (secondary N) is 1. The monoisotopic (exact) mass is 471 g/mol. The van der Waals surface area contributed by atoms with Crippen LogP contribution in [0.3, 0.4) is 0 Å². The zero-order chi connectivity index (χ0) is 23.1. The number of ether oxygens (including phenoxy) is 1. The van der Waals surface area contributed by atoms with Crippen molar-refractivity contribution in [3.63, 3.8) is 0 Å². The first-order valence-corrected chi connectivity index (χ1v) is 13.2. The molecule has 8 heteroatoms. The summed E-state index contributed by atoms with van der Waals surface area (Å²) in [4.78, 5) is 15.5. The van der Waals surface area contributed by atoms with Crippen molar-refractivity contribution in [3.8, 4) is 0 Å². The quantitative estimate of drug-likeness (QED) is 0.672. The number of morpholine rings is 1. The summed E-state index contributed by atoms with van der Waals surface area (Å²) in [5.74, 6) is -0.267. The van der Waals surface area contributed by atoms with E-state index in [4.69, 9.17) is 4.74 Å². The first kappa shape index (κ1) is 23.9. The molecule has 0 saturated carbocycles. The van der Waals surface area contributed by atoms with Crippen LogP contribution in [-0.4, -0.2) is 69.5 Å². The number of sulfonamides is 1. The van der Waals surface area contributed by atoms with Crippen LogP contribution in [0.25, 0.3) is 0 Å². The molecule has 1 amide bonds. The maximum Gasteiger partial charge on any atom is 0.251 e. The molecular formula is C25H33N3O4S. The molecule has 1 N–H and O–H groups in total. The van der Waals surface area contributed by atoms with Crippen molar-refractivity contribution >= 4 is 15.9 Å². The smallest absolute Gasteiger partial charge is 0.251 e. The molecule has 0 radical (unpaired) electrons. The Kier molecular flexibility index (Phi) is 8.14. The van der Waals surface area contributed by atoms with E-state index in [2.05, 4.69) is 22.3 Å². The summed E-state index contributed by atoms with van der Waals surface area (Å²) in [5.41, 5.74) is 1.50. The highest BCUT2D eigenvalue weighted by Crippen LogP contribution is 2.23. The fourth-order valence-corrected chi connectivity index (χ4v) is 6.11. The summed E-state index contributed by atoms with van der Waals surface area (Å²) >= 11 is 0. The normalized spacial score (nSPS) is 19.5. The zero-order valence-corrected chi connectivity index (χ0v) is 19.8. The van der Waals surface area contributed by atoms with Gasteiger partial charge in [0.05, 0.1) is 24.2 Å². The van der Waals surface area contributed by atoms with Crippen LogP contribution >= 0.6 is 0 Å². The summed E-state index contributed by atoms with van der Waals surface area (Å²) in [6.45, 7) is 4.47. The van der Waals surface area contributed by atoms with E-state index in [0.717, 1.165) is 44.3 Å². The van der Waals surface area contributed by atoms with E-state index in [1.54, 1.807) is 22.5 Å². The number of carbonyl (C=O) groups excluding carboxylic acids is 1. The number of hydrogen-bond donors (Lipinski definition) is 1. The van der Waals surface area contributed by atoms with Gasteiger partial charge in [0.2, 0.25) is 10.0 Å². The van der Waals surface area contributed by atoms with E-state index < -0.39 is 10.0 Å². The molecule has 2 heterocycles. The van der Waals surface area contributed by atoms with Crippen molar-refractivity contribution in [2.24, 2.45) is 0 Å². The lowest BCUT2D eigenvalue weighted by Crippen LogP contribution is -2.43. The van der Waals surface area contributed by atoms with Gasteiger partial charge in [-0.2, -0.15) is 4.31 Å². The molecule has 33 heavy (non-hydrogen) atoms. The Balaban J connectivity index is 1.47. The molecular weight excluding hydrogens is 438 g/mol. The lowest BCUT2D eigenvalue weighted by Gasteiger charge is -2.35. The second kappa shape index (κ2) is 11.2. The van der Waals surface area contributed by atoms with E-state index in [9.17, 15) is 13.2 Å². The van der Waals surface area contributed by atoms with Crippen LogP contribution in [0, 0.1) is 0 Å². The SMILES string of the molecule is O=C(NCC(c1ccccc1)N1CCOCC1)c1cccc(S(=O)(=O)N2CCCCCC2)c1. The third-order valence-electron chi connectivity index (χ3n) is 6.43. The van der Waals surface area contributed by atoms with Gasteiger partial charge >= 0.3 is 0 Å². The first-order valence-electron chi connectivity index (χ1n) is 11.8. The largest absolute Gasteiger partial charge is 0.379 e. The van der Waals surface area contributed by atoms with Crippen LogP contribution in [0.4, 0.5) is 0 Å². The van der Waals surface area contributed by atoms with Gasteiger partial charge in [0, 0.05) is 38.3 Å². The Morgan fingerprint density at radius 3 is 2.30 bits per heavy atom. The lowest BCUT2D eigenvalue weighted by molar-refractivity contribution is 0.0162. The Hall–Kier alpha value is -2.26. The first-order chi connectivity index (χ1) is 16.1. The van der Waals surface area contributed by atoms with Gasteiger partial charge in [-0.15, -0.1) is 0 Å². The fraction of sp³-hybridized carbons (Fsp3) is 0.480. The molecule has 1 unspecified atom stereocenters. The summed E-state index contributed by atoms with van der Waals surface area (Å²) in [5, 5.41) is 3.03. The minimum absolute atomic E-state index is 0.0306. The van der Waals surface area contributed by atoms with Crippen LogP contribution in [0.2, 0.25) is 0 Å². The number of amides is 1. The number of hydrogen-bond acceptors (Lipinski definition) is 5. The number of carbonyl (C=O) groups is 1. The van der Waals surface area contributed by atoms with Crippen LogP contribution in [0.15, 0.2) is 59.5 Å². The van der Waals surface area contributed by atoms with E-state index >= 15 is 0 Å². The van der Waals surface area contributed by atoms with Crippen molar-refractivity contribution in [2.45, 2.75) is 36.6 Å². The molecule has 2 aliphatic rings. The number of nitrogens with zero attached hydrogens (tertiary/aromatic N) is 2. The highest BCUT2D eigenvalue weighted by molar-refractivity contribution is 7.89. The van der Waals surface area contributed by atoms with Gasteiger partial charge in [0.15, 0.2) is 0 Å². The average molecular weight is 472 g/mol. The predicted molar refractivity (Wildman–Crippen MR) is 128 cm³/mol. The molecule has 7 nitrogen and oxygen atoms in total. The summed E-state index contributed by atoms with van der Waals surface area (Å²) in [7, 11) is -3.60. The molecule has 2 fully saturated rings. The molecule has 4 rings (SSSR count). The van der Waals surface area contributed by atoms with Crippen LogP contribution in [0.1, 0.15) is 47.6 Å². The van der Waals surface area contributed by atoms with Gasteiger partial charge in [-0.1, -0.05) is 49.2 Å². The van der Waals surface area contributed by atoms with Gasteiger partial charge in [-0.25, -0.2) is 8.42 Å². The minimum atomic E-state index is -3.60. The van der Waals surface area contributed by atoms with E-state index in [-0.39, 0.29) is 16.8 Å². The number of rotatable bonds is 7. The molecule has 2 aliphatic heterocycles. The topological polar surface area (TPSA) is 79.0 Å². The molecule has 0 aliphatic carbocycles. The maximum absolute atomic E-state index is 13.1. The fourth-order valence-electron chi connectivity index (χ4n) is 4.54. The van der Waals surface area contributed by atoms with Crippen molar-refractivity contribution < 1.29 is 17.9 Å². The summed E-state index contributed by atoms with van der Waals surface area (Å²) in [6, 6.07) is 16.6. The summed E-state index contributed by atoms with van der Waals surface area (Å²) < 4.78 is 33.3. The molecule has 178 valence electrons. The van der Waals surface area contributed by atoms with Crippen molar-refractivity contribution in [1.29, 1.82) is 0 Å². The van der Waals surface area contributed by atoms with Gasteiger partial charge in [-0.05, 0) is 36.6 Å². The molecule has 2 aromatic carbocycles. The van der Waals surface area contributed by atoms with Crippen LogP contribution < -0.4 is 5.32 Å². The second-order valence-electron chi connectivity index (χ2n) is 8.63. The molecule has 2 aromatic rings. The highest BCUT2D eigenvalue weighted by Gasteiger charge is 2.27. The maximum atomic E-state index is 13.1.